The molecular formula is C39H39NO3. The Kier molecular flexibility index (Phi) is 8.20. The van der Waals surface area contributed by atoms with Crippen LogP contribution < -0.4 is 4.74 Å². The highest BCUT2D eigenvalue weighted by molar-refractivity contribution is 6.01. The molecular weight excluding hydrogens is 530 g/mol. The zero-order chi connectivity index (χ0) is 29.8. The summed E-state index contributed by atoms with van der Waals surface area (Å²) >= 11 is 0. The van der Waals surface area contributed by atoms with E-state index < -0.39 is 5.60 Å². The van der Waals surface area contributed by atoms with Crippen molar-refractivity contribution in [1.29, 1.82) is 0 Å². The fourth-order valence-electron chi connectivity index (χ4n) is 5.93. The van der Waals surface area contributed by atoms with E-state index >= 15 is 0 Å². The van der Waals surface area contributed by atoms with Gasteiger partial charge in [0.15, 0.2) is 0 Å². The van der Waals surface area contributed by atoms with Crippen molar-refractivity contribution in [2.45, 2.75) is 52.2 Å². The van der Waals surface area contributed by atoms with Gasteiger partial charge in [-0.15, -0.1) is 0 Å². The number of nitrogens with zero attached hydrogens (tertiary/aromatic N) is 1. The zero-order valence-corrected chi connectivity index (χ0v) is 25.3. The molecule has 0 saturated carbocycles. The Bertz CT molecular complexity index is 1640. The number of carbonyl (C=O) groups is 1. The Morgan fingerprint density at radius 3 is 2.14 bits per heavy atom. The van der Waals surface area contributed by atoms with Gasteiger partial charge in [0.1, 0.15) is 18.0 Å². The Hall–Kier alpha value is -4.57. The Labute approximate surface area is 255 Å². The number of amides is 1. The summed E-state index contributed by atoms with van der Waals surface area (Å²) < 4.78 is 11.7. The lowest BCUT2D eigenvalue weighted by Gasteiger charge is -2.29. The number of benzene rings is 4. The van der Waals surface area contributed by atoms with Crippen LogP contribution in [-0.2, 0) is 17.8 Å². The number of hydrogen-bond donors (Lipinski definition) is 0. The van der Waals surface area contributed by atoms with Crippen LogP contribution >= 0.6 is 0 Å². The first kappa shape index (κ1) is 28.5. The fraction of sp³-hybridized carbons (Fsp3) is 0.256. The Morgan fingerprint density at radius 2 is 1.47 bits per heavy atom. The summed E-state index contributed by atoms with van der Waals surface area (Å²) in [5.41, 5.74) is 10.9. The Morgan fingerprint density at radius 1 is 0.767 bits per heavy atom. The highest BCUT2D eigenvalue weighted by Gasteiger charge is 2.25. The maximum Gasteiger partial charge on any atom is 0.410 e. The maximum absolute atomic E-state index is 12.5. The van der Waals surface area contributed by atoms with Crippen LogP contribution in [-0.4, -0.2) is 29.7 Å². The fourth-order valence-corrected chi connectivity index (χ4v) is 5.93. The van der Waals surface area contributed by atoms with Crippen molar-refractivity contribution in [3.05, 3.63) is 143 Å². The molecule has 0 atom stereocenters. The van der Waals surface area contributed by atoms with Crippen molar-refractivity contribution in [2.75, 3.05) is 13.1 Å². The molecule has 0 fully saturated rings. The van der Waals surface area contributed by atoms with Gasteiger partial charge in [-0.05, 0) is 102 Å². The number of carbonyl (C=O) groups excluding carboxylic acids is 1. The molecule has 43 heavy (non-hydrogen) atoms. The van der Waals surface area contributed by atoms with Gasteiger partial charge in [-0.1, -0.05) is 97.1 Å². The van der Waals surface area contributed by atoms with Crippen LogP contribution in [0.3, 0.4) is 0 Å². The number of ether oxygens (including phenoxy) is 2. The van der Waals surface area contributed by atoms with Gasteiger partial charge in [0.05, 0.1) is 0 Å². The van der Waals surface area contributed by atoms with Crippen LogP contribution in [0.2, 0.25) is 0 Å². The second-order valence-electron chi connectivity index (χ2n) is 12.3. The summed E-state index contributed by atoms with van der Waals surface area (Å²) in [6.45, 7) is 7.49. The highest BCUT2D eigenvalue weighted by Crippen LogP contribution is 2.42. The van der Waals surface area contributed by atoms with Crippen molar-refractivity contribution in [2.24, 2.45) is 0 Å². The molecule has 0 radical (unpaired) electrons. The molecule has 0 aromatic heterocycles. The van der Waals surface area contributed by atoms with Crippen molar-refractivity contribution in [3.8, 4) is 5.75 Å². The molecule has 1 aliphatic heterocycles. The van der Waals surface area contributed by atoms with E-state index in [4.69, 9.17) is 9.47 Å². The average molecular weight is 570 g/mol. The van der Waals surface area contributed by atoms with Crippen molar-refractivity contribution >= 4 is 22.8 Å². The summed E-state index contributed by atoms with van der Waals surface area (Å²) in [5.74, 6) is 0.908. The molecule has 0 saturated heterocycles. The third-order valence-corrected chi connectivity index (χ3v) is 8.07. The minimum absolute atomic E-state index is 0.247. The number of rotatable bonds is 6. The first-order valence-corrected chi connectivity index (χ1v) is 15.2. The molecule has 1 aliphatic carbocycles. The lowest BCUT2D eigenvalue weighted by Crippen LogP contribution is -2.39. The molecule has 1 heterocycles. The van der Waals surface area contributed by atoms with E-state index in [1.807, 2.05) is 39.0 Å². The topological polar surface area (TPSA) is 38.8 Å². The number of aryl methyl sites for hydroxylation is 1. The smallest absolute Gasteiger partial charge is 0.410 e. The van der Waals surface area contributed by atoms with Gasteiger partial charge in [0.25, 0.3) is 0 Å². The third-order valence-electron chi connectivity index (χ3n) is 8.07. The van der Waals surface area contributed by atoms with Crippen molar-refractivity contribution < 1.29 is 14.3 Å². The van der Waals surface area contributed by atoms with E-state index in [0.717, 1.165) is 30.6 Å². The van der Waals surface area contributed by atoms with Crippen molar-refractivity contribution in [1.82, 2.24) is 4.90 Å². The van der Waals surface area contributed by atoms with Gasteiger partial charge >= 0.3 is 6.09 Å². The largest absolute Gasteiger partial charge is 0.489 e. The molecule has 1 amide bonds. The number of fused-ring (bicyclic) bond motifs is 1. The average Bonchev–Trinajstić information content (AvgIpc) is 3.03. The second-order valence-corrected chi connectivity index (χ2v) is 12.3. The van der Waals surface area contributed by atoms with Crippen molar-refractivity contribution in [3.63, 3.8) is 0 Å². The molecule has 0 unspecified atom stereocenters. The minimum atomic E-state index is -0.487. The molecule has 6 rings (SSSR count). The zero-order valence-electron chi connectivity index (χ0n) is 25.3. The number of allylic oxidation sites excluding steroid dienone is 1. The molecule has 4 aromatic rings. The van der Waals surface area contributed by atoms with E-state index in [9.17, 15) is 4.79 Å². The monoisotopic (exact) mass is 569 g/mol. The van der Waals surface area contributed by atoms with Gasteiger partial charge in [-0.3, -0.25) is 0 Å². The summed E-state index contributed by atoms with van der Waals surface area (Å²) in [4.78, 5) is 14.3. The van der Waals surface area contributed by atoms with E-state index in [-0.39, 0.29) is 6.09 Å². The lowest BCUT2D eigenvalue weighted by molar-refractivity contribution is 0.0270. The molecule has 0 spiro atoms. The summed E-state index contributed by atoms with van der Waals surface area (Å²) in [6.07, 6.45) is 4.67. The summed E-state index contributed by atoms with van der Waals surface area (Å²) in [6, 6.07) is 36.6. The van der Waals surface area contributed by atoms with Crippen LogP contribution in [0.5, 0.6) is 5.75 Å². The lowest BCUT2D eigenvalue weighted by atomic mass is 9.79. The van der Waals surface area contributed by atoms with Gasteiger partial charge in [-0.25, -0.2) is 4.79 Å². The first-order valence-electron chi connectivity index (χ1n) is 15.2. The second kappa shape index (κ2) is 12.3. The minimum Gasteiger partial charge on any atom is -0.489 e. The molecule has 0 N–H and O–H groups in total. The maximum atomic E-state index is 12.5. The van der Waals surface area contributed by atoms with Gasteiger partial charge in [-0.2, -0.15) is 0 Å². The van der Waals surface area contributed by atoms with E-state index in [2.05, 4.69) is 91.0 Å². The molecule has 4 heteroatoms. The SMILES string of the molecule is CC(C)(C)OC(=O)N1CC=C(c2ccc(C3=C(c4ccccc4)CCc4cc(OCc5ccccc5)ccc43)cc2)CC1. The summed E-state index contributed by atoms with van der Waals surface area (Å²) in [5, 5.41) is 0. The van der Waals surface area contributed by atoms with E-state index in [1.54, 1.807) is 4.90 Å². The van der Waals surface area contributed by atoms with E-state index in [0.29, 0.717) is 19.7 Å². The molecule has 0 bridgehead atoms. The van der Waals surface area contributed by atoms with Gasteiger partial charge in [0.2, 0.25) is 0 Å². The van der Waals surface area contributed by atoms with Crippen LogP contribution in [0, 0.1) is 0 Å². The number of hydrogen-bond acceptors (Lipinski definition) is 3. The quantitative estimate of drug-likeness (QED) is 0.232. The van der Waals surface area contributed by atoms with Crippen LogP contribution in [0.25, 0.3) is 16.7 Å². The normalized spacial score (nSPS) is 15.0. The highest BCUT2D eigenvalue weighted by atomic mass is 16.6. The van der Waals surface area contributed by atoms with Gasteiger partial charge in [0, 0.05) is 13.1 Å². The van der Waals surface area contributed by atoms with Crippen LogP contribution in [0.15, 0.2) is 109 Å². The third kappa shape index (κ3) is 6.75. The Balaban J connectivity index is 1.27. The van der Waals surface area contributed by atoms with Gasteiger partial charge < -0.3 is 14.4 Å². The molecule has 4 nitrogen and oxygen atoms in total. The molecule has 2 aliphatic rings. The van der Waals surface area contributed by atoms with Crippen LogP contribution in [0.4, 0.5) is 4.79 Å². The summed E-state index contributed by atoms with van der Waals surface area (Å²) in [7, 11) is 0. The standard InChI is InChI=1S/C39H39NO3/c1-39(2,3)43-38(41)40-24-22-30(23-25-40)29-14-16-32(17-15-29)37-35(31-12-8-5-9-13-31)20-18-33-26-34(19-21-36(33)37)42-27-28-10-6-4-7-11-28/h4-17,19,21-22,26H,18,20,23-25,27H2,1-3H3. The predicted molar refractivity (Wildman–Crippen MR) is 175 cm³/mol. The van der Waals surface area contributed by atoms with Crippen LogP contribution in [0.1, 0.15) is 67.0 Å². The van der Waals surface area contributed by atoms with E-state index in [1.165, 1.54) is 44.5 Å². The molecule has 4 aromatic carbocycles. The first-order chi connectivity index (χ1) is 20.8. The molecule has 218 valence electrons. The predicted octanol–water partition coefficient (Wildman–Crippen LogP) is 9.20.